The molecule has 144 valence electrons. The van der Waals surface area contributed by atoms with Crippen LogP contribution in [0.4, 0.5) is 0 Å². The molecule has 0 unspecified atom stereocenters. The van der Waals surface area contributed by atoms with E-state index in [0.717, 1.165) is 0 Å². The largest absolute Gasteiger partial charge is 0.493 e. The number of nitrogens with one attached hydrogen (secondary N) is 2. The van der Waals surface area contributed by atoms with Crippen molar-refractivity contribution in [2.24, 2.45) is 0 Å². The second kappa shape index (κ2) is 9.62. The molecule has 2 rings (SSSR count). The van der Waals surface area contributed by atoms with Crippen molar-refractivity contribution in [3.8, 4) is 11.5 Å². The van der Waals surface area contributed by atoms with E-state index >= 15 is 0 Å². The molecule has 0 atom stereocenters. The third-order valence-electron chi connectivity index (χ3n) is 4.18. The molecule has 0 heterocycles. The maximum absolute atomic E-state index is 12.2. The van der Waals surface area contributed by atoms with E-state index in [1.807, 2.05) is 24.3 Å². The third-order valence-corrected chi connectivity index (χ3v) is 4.18. The van der Waals surface area contributed by atoms with Crippen LogP contribution in [-0.2, 0) is 0 Å². The summed E-state index contributed by atoms with van der Waals surface area (Å²) in [6.07, 6.45) is 0. The summed E-state index contributed by atoms with van der Waals surface area (Å²) >= 11 is 0. The van der Waals surface area contributed by atoms with Crippen molar-refractivity contribution in [1.82, 2.24) is 10.6 Å². The molecule has 2 amide bonds. The van der Waals surface area contributed by atoms with Crippen LogP contribution in [0.25, 0.3) is 0 Å². The first-order valence-electron chi connectivity index (χ1n) is 8.84. The average molecular weight is 370 g/mol. The fraction of sp³-hybridized carbons (Fsp3) is 0.333. The van der Waals surface area contributed by atoms with Gasteiger partial charge in [-0.05, 0) is 41.8 Å². The van der Waals surface area contributed by atoms with Crippen LogP contribution in [0.3, 0.4) is 0 Å². The van der Waals surface area contributed by atoms with Gasteiger partial charge in [-0.15, -0.1) is 0 Å². The summed E-state index contributed by atoms with van der Waals surface area (Å²) in [4.78, 5) is 24.3. The topological polar surface area (TPSA) is 76.7 Å². The van der Waals surface area contributed by atoms with E-state index in [1.165, 1.54) is 19.8 Å². The molecule has 27 heavy (non-hydrogen) atoms. The lowest BCUT2D eigenvalue weighted by Crippen LogP contribution is -2.34. The van der Waals surface area contributed by atoms with Crippen molar-refractivity contribution >= 4 is 11.8 Å². The van der Waals surface area contributed by atoms with E-state index < -0.39 is 0 Å². The first kappa shape index (κ1) is 20.3. The maximum atomic E-state index is 12.2. The number of carbonyl (C=O) groups is 2. The van der Waals surface area contributed by atoms with Gasteiger partial charge in [0.05, 0.1) is 14.2 Å². The van der Waals surface area contributed by atoms with Gasteiger partial charge >= 0.3 is 0 Å². The van der Waals surface area contributed by atoms with Gasteiger partial charge in [0.2, 0.25) is 0 Å². The molecule has 6 nitrogen and oxygen atoms in total. The molecule has 0 radical (unpaired) electrons. The van der Waals surface area contributed by atoms with Crippen LogP contribution in [0, 0.1) is 0 Å². The average Bonchev–Trinajstić information content (AvgIpc) is 2.70. The van der Waals surface area contributed by atoms with Gasteiger partial charge in [0.25, 0.3) is 11.8 Å². The Hall–Kier alpha value is -3.02. The van der Waals surface area contributed by atoms with E-state index in [9.17, 15) is 9.59 Å². The van der Waals surface area contributed by atoms with Crippen LogP contribution in [0.2, 0.25) is 0 Å². The molecule has 0 bridgehead atoms. The van der Waals surface area contributed by atoms with E-state index in [1.54, 1.807) is 18.2 Å². The molecular formula is C21H26N2O4. The van der Waals surface area contributed by atoms with Crippen LogP contribution in [0.15, 0.2) is 42.5 Å². The zero-order chi connectivity index (χ0) is 19.8. The maximum Gasteiger partial charge on any atom is 0.251 e. The van der Waals surface area contributed by atoms with Crippen LogP contribution in [0.5, 0.6) is 11.5 Å². The second-order valence-electron chi connectivity index (χ2n) is 6.36. The van der Waals surface area contributed by atoms with Gasteiger partial charge in [0, 0.05) is 24.2 Å². The van der Waals surface area contributed by atoms with Crippen molar-refractivity contribution < 1.29 is 19.1 Å². The number of ether oxygens (including phenoxy) is 2. The first-order chi connectivity index (χ1) is 13.0. The molecular weight excluding hydrogens is 344 g/mol. The third kappa shape index (κ3) is 5.48. The minimum Gasteiger partial charge on any atom is -0.493 e. The smallest absolute Gasteiger partial charge is 0.251 e. The SMILES string of the molecule is COc1ccc(C(=O)NCCNC(=O)c2ccc(C(C)C)cc2)cc1OC. The zero-order valence-corrected chi connectivity index (χ0v) is 16.2. The van der Waals surface area contributed by atoms with Gasteiger partial charge in [0.1, 0.15) is 0 Å². The molecule has 0 aliphatic carbocycles. The minimum absolute atomic E-state index is 0.161. The molecule has 0 spiro atoms. The van der Waals surface area contributed by atoms with E-state index in [-0.39, 0.29) is 11.8 Å². The van der Waals surface area contributed by atoms with Crippen LogP contribution in [-0.4, -0.2) is 39.1 Å². The summed E-state index contributed by atoms with van der Waals surface area (Å²) in [5.41, 5.74) is 2.25. The first-order valence-corrected chi connectivity index (χ1v) is 8.84. The summed E-state index contributed by atoms with van der Waals surface area (Å²) in [6.45, 7) is 4.87. The Morgan fingerprint density at radius 3 is 1.85 bits per heavy atom. The lowest BCUT2D eigenvalue weighted by Gasteiger charge is -2.11. The van der Waals surface area contributed by atoms with E-state index in [0.29, 0.717) is 41.6 Å². The molecule has 2 aromatic rings. The van der Waals surface area contributed by atoms with Gasteiger partial charge < -0.3 is 20.1 Å². The summed E-state index contributed by atoms with van der Waals surface area (Å²) in [5.74, 6) is 1.07. The number of carbonyl (C=O) groups excluding carboxylic acids is 2. The Labute approximate surface area is 159 Å². The molecule has 0 aliphatic rings. The molecule has 0 aliphatic heterocycles. The van der Waals surface area contributed by atoms with Gasteiger partial charge in [-0.25, -0.2) is 0 Å². The predicted molar refractivity (Wildman–Crippen MR) is 105 cm³/mol. The van der Waals surface area contributed by atoms with Crippen molar-refractivity contribution in [2.45, 2.75) is 19.8 Å². The summed E-state index contributed by atoms with van der Waals surface area (Å²) in [7, 11) is 3.05. The predicted octanol–water partition coefficient (Wildman–Crippen LogP) is 2.99. The molecule has 0 saturated heterocycles. The Bertz CT molecular complexity index is 785. The number of amides is 2. The van der Waals surface area contributed by atoms with Crippen LogP contribution < -0.4 is 20.1 Å². The number of rotatable bonds is 8. The van der Waals surface area contributed by atoms with Gasteiger partial charge in [0.15, 0.2) is 11.5 Å². The standard InChI is InChI=1S/C21H26N2O4/c1-14(2)15-5-7-16(8-6-15)20(24)22-11-12-23-21(25)17-9-10-18(26-3)19(13-17)27-4/h5-10,13-14H,11-12H2,1-4H3,(H,22,24)(H,23,25). The highest BCUT2D eigenvalue weighted by Gasteiger charge is 2.11. The normalized spacial score (nSPS) is 10.4. The Balaban J connectivity index is 1.82. The number of benzene rings is 2. The number of hydrogen-bond donors (Lipinski definition) is 2. The molecule has 0 fully saturated rings. The highest BCUT2D eigenvalue weighted by Crippen LogP contribution is 2.27. The molecule has 2 aromatic carbocycles. The molecule has 6 heteroatoms. The Morgan fingerprint density at radius 1 is 0.815 bits per heavy atom. The second-order valence-corrected chi connectivity index (χ2v) is 6.36. The monoisotopic (exact) mass is 370 g/mol. The molecule has 2 N–H and O–H groups in total. The quantitative estimate of drug-likeness (QED) is 0.701. The number of hydrogen-bond acceptors (Lipinski definition) is 4. The Kier molecular flexibility index (Phi) is 7.23. The van der Waals surface area contributed by atoms with Crippen molar-refractivity contribution in [3.05, 3.63) is 59.2 Å². The van der Waals surface area contributed by atoms with Crippen molar-refractivity contribution in [2.75, 3.05) is 27.3 Å². The van der Waals surface area contributed by atoms with Crippen molar-refractivity contribution in [3.63, 3.8) is 0 Å². The highest BCUT2D eigenvalue weighted by molar-refractivity contribution is 5.95. The fourth-order valence-electron chi connectivity index (χ4n) is 2.55. The van der Waals surface area contributed by atoms with E-state index in [2.05, 4.69) is 24.5 Å². The van der Waals surface area contributed by atoms with Crippen LogP contribution >= 0.6 is 0 Å². The van der Waals surface area contributed by atoms with Gasteiger partial charge in [-0.3, -0.25) is 9.59 Å². The summed E-state index contributed by atoms with van der Waals surface area (Å²) in [5, 5.41) is 5.57. The lowest BCUT2D eigenvalue weighted by molar-refractivity contribution is 0.0927. The molecule has 0 aromatic heterocycles. The summed E-state index contributed by atoms with van der Waals surface area (Å²) < 4.78 is 10.3. The zero-order valence-electron chi connectivity index (χ0n) is 16.2. The number of methoxy groups -OCH3 is 2. The summed E-state index contributed by atoms with van der Waals surface area (Å²) in [6, 6.07) is 12.5. The van der Waals surface area contributed by atoms with E-state index in [4.69, 9.17) is 9.47 Å². The highest BCUT2D eigenvalue weighted by atomic mass is 16.5. The fourth-order valence-corrected chi connectivity index (χ4v) is 2.55. The van der Waals surface area contributed by atoms with Gasteiger partial charge in [-0.2, -0.15) is 0 Å². The van der Waals surface area contributed by atoms with Crippen molar-refractivity contribution in [1.29, 1.82) is 0 Å². The minimum atomic E-state index is -0.244. The lowest BCUT2D eigenvalue weighted by atomic mass is 10.0. The van der Waals surface area contributed by atoms with Crippen LogP contribution in [0.1, 0.15) is 46.0 Å². The molecule has 0 saturated carbocycles. The Morgan fingerprint density at radius 2 is 1.33 bits per heavy atom. The van der Waals surface area contributed by atoms with Gasteiger partial charge in [-0.1, -0.05) is 26.0 Å².